The highest BCUT2D eigenvalue weighted by Gasteiger charge is 2.07. The van der Waals surface area contributed by atoms with Crippen molar-refractivity contribution < 1.29 is 14.4 Å². The lowest BCUT2D eigenvalue weighted by Crippen LogP contribution is -2.26. The third-order valence-electron chi connectivity index (χ3n) is 1.64. The number of hydrogen-bond donors (Lipinski definition) is 1. The molecule has 5 heteroatoms. The first-order chi connectivity index (χ1) is 7.24. The van der Waals surface area contributed by atoms with E-state index in [4.69, 9.17) is 0 Å². The zero-order valence-electron chi connectivity index (χ0n) is 8.40. The molecule has 1 heterocycles. The fourth-order valence-electron chi connectivity index (χ4n) is 0.914. The zero-order valence-corrected chi connectivity index (χ0v) is 8.40. The summed E-state index contributed by atoms with van der Waals surface area (Å²) < 4.78 is 0. The molecule has 1 amide bonds. The predicted octanol–water partition coefficient (Wildman–Crippen LogP) is 1.07. The third kappa shape index (κ3) is 3.76. The molecule has 0 radical (unpaired) electrons. The summed E-state index contributed by atoms with van der Waals surface area (Å²) >= 11 is 0. The summed E-state index contributed by atoms with van der Waals surface area (Å²) in [4.78, 5) is 30.6. The largest absolute Gasteiger partial charge is 0.341 e. The Balaban J connectivity index is 2.40. The Hall–Kier alpha value is -1.91. The van der Waals surface area contributed by atoms with E-state index in [2.05, 4.69) is 15.3 Å². The Morgan fingerprint density at radius 3 is 2.93 bits per heavy atom. The van der Waals surface area contributed by atoms with Crippen LogP contribution >= 0.6 is 0 Å². The molecule has 0 fully saturated rings. The van der Waals surface area contributed by atoms with Gasteiger partial charge < -0.3 is 4.84 Å². The van der Waals surface area contributed by atoms with Crippen LogP contribution in [0.2, 0.25) is 0 Å². The molecule has 1 rings (SSSR count). The highest BCUT2D eigenvalue weighted by molar-refractivity contribution is 5.93. The van der Waals surface area contributed by atoms with E-state index in [9.17, 15) is 9.59 Å². The van der Waals surface area contributed by atoms with Crippen LogP contribution in [0.5, 0.6) is 0 Å². The van der Waals surface area contributed by atoms with Gasteiger partial charge in [0.05, 0.1) is 5.56 Å². The summed E-state index contributed by atoms with van der Waals surface area (Å²) in [5.74, 6) is -0.928. The number of rotatable bonds is 3. The van der Waals surface area contributed by atoms with E-state index in [0.29, 0.717) is 12.0 Å². The Bertz CT molecular complexity index is 338. The smallest absolute Gasteiger partial charge is 0.332 e. The molecule has 15 heavy (non-hydrogen) atoms. The fourth-order valence-corrected chi connectivity index (χ4v) is 0.914. The molecule has 0 aliphatic carbocycles. The summed E-state index contributed by atoms with van der Waals surface area (Å²) in [6.07, 6.45) is 3.91. The Morgan fingerprint density at radius 2 is 2.33 bits per heavy atom. The second-order valence-corrected chi connectivity index (χ2v) is 2.90. The van der Waals surface area contributed by atoms with Crippen molar-refractivity contribution in [3.05, 3.63) is 30.1 Å². The van der Waals surface area contributed by atoms with Crippen molar-refractivity contribution in [1.82, 2.24) is 10.5 Å². The van der Waals surface area contributed by atoms with Crippen molar-refractivity contribution >= 4 is 11.9 Å². The maximum Gasteiger partial charge on any atom is 0.332 e. The number of aromatic nitrogens is 1. The van der Waals surface area contributed by atoms with E-state index < -0.39 is 11.9 Å². The molecule has 0 saturated carbocycles. The molecule has 0 aliphatic rings. The van der Waals surface area contributed by atoms with Crippen molar-refractivity contribution in [2.45, 2.75) is 19.8 Å². The van der Waals surface area contributed by atoms with E-state index in [1.807, 2.05) is 6.92 Å². The van der Waals surface area contributed by atoms with Crippen LogP contribution in [-0.4, -0.2) is 16.9 Å². The van der Waals surface area contributed by atoms with Crippen LogP contribution in [0.15, 0.2) is 24.5 Å². The van der Waals surface area contributed by atoms with Gasteiger partial charge in [-0.25, -0.2) is 4.79 Å². The lowest BCUT2D eigenvalue weighted by atomic mass is 10.3. The first-order valence-corrected chi connectivity index (χ1v) is 4.64. The number of carbonyl (C=O) groups is 2. The van der Waals surface area contributed by atoms with Crippen LogP contribution in [0.3, 0.4) is 0 Å². The Kier molecular flexibility index (Phi) is 4.28. The van der Waals surface area contributed by atoms with Crippen LogP contribution in [0, 0.1) is 0 Å². The van der Waals surface area contributed by atoms with E-state index in [1.54, 1.807) is 18.3 Å². The molecular weight excluding hydrogens is 196 g/mol. The SMILES string of the molecule is CCCC(=O)ONC(=O)c1cccnc1. The number of nitrogens with zero attached hydrogens (tertiary/aromatic N) is 1. The average Bonchev–Trinajstić information content (AvgIpc) is 2.27. The van der Waals surface area contributed by atoms with Crippen LogP contribution in [0.25, 0.3) is 0 Å². The van der Waals surface area contributed by atoms with Crippen molar-refractivity contribution in [3.8, 4) is 0 Å². The summed E-state index contributed by atoms with van der Waals surface area (Å²) in [6.45, 7) is 1.85. The maximum absolute atomic E-state index is 11.3. The maximum atomic E-state index is 11.3. The number of hydroxylamine groups is 1. The van der Waals surface area contributed by atoms with Crippen molar-refractivity contribution in [2.75, 3.05) is 0 Å². The number of pyridine rings is 1. The molecule has 1 N–H and O–H groups in total. The van der Waals surface area contributed by atoms with E-state index in [0.717, 1.165) is 0 Å². The van der Waals surface area contributed by atoms with Gasteiger partial charge in [-0.3, -0.25) is 9.78 Å². The molecular formula is C10H12N2O3. The number of hydrogen-bond acceptors (Lipinski definition) is 4. The molecule has 0 saturated heterocycles. The molecule has 0 spiro atoms. The normalized spacial score (nSPS) is 9.40. The average molecular weight is 208 g/mol. The molecule has 5 nitrogen and oxygen atoms in total. The van der Waals surface area contributed by atoms with E-state index in [1.165, 1.54) is 6.20 Å². The standard InChI is InChI=1S/C10H12N2O3/c1-2-4-9(13)15-12-10(14)8-5-3-6-11-7-8/h3,5-7H,2,4H2,1H3,(H,12,14). The van der Waals surface area contributed by atoms with Crippen LogP contribution in [0.1, 0.15) is 30.1 Å². The molecule has 80 valence electrons. The van der Waals surface area contributed by atoms with Gasteiger partial charge in [-0.05, 0) is 18.6 Å². The number of amides is 1. The molecule has 1 aromatic rings. The minimum Gasteiger partial charge on any atom is -0.341 e. The number of nitrogens with one attached hydrogen (secondary N) is 1. The van der Waals surface area contributed by atoms with Crippen LogP contribution < -0.4 is 5.48 Å². The molecule has 1 aromatic heterocycles. The van der Waals surface area contributed by atoms with Gasteiger partial charge >= 0.3 is 5.97 Å². The van der Waals surface area contributed by atoms with Crippen molar-refractivity contribution in [1.29, 1.82) is 0 Å². The van der Waals surface area contributed by atoms with Crippen molar-refractivity contribution in [3.63, 3.8) is 0 Å². The van der Waals surface area contributed by atoms with Gasteiger partial charge in [-0.2, -0.15) is 5.48 Å². The van der Waals surface area contributed by atoms with Gasteiger partial charge in [0.25, 0.3) is 5.91 Å². The second-order valence-electron chi connectivity index (χ2n) is 2.90. The molecule has 0 aromatic carbocycles. The van der Waals surface area contributed by atoms with Gasteiger partial charge in [0.1, 0.15) is 0 Å². The molecule has 0 unspecified atom stereocenters. The van der Waals surface area contributed by atoms with E-state index in [-0.39, 0.29) is 6.42 Å². The number of carbonyl (C=O) groups excluding carboxylic acids is 2. The Labute approximate surface area is 87.4 Å². The van der Waals surface area contributed by atoms with Gasteiger partial charge in [0.2, 0.25) is 0 Å². The minimum absolute atomic E-state index is 0.285. The third-order valence-corrected chi connectivity index (χ3v) is 1.64. The first-order valence-electron chi connectivity index (χ1n) is 4.64. The predicted molar refractivity (Wildman–Crippen MR) is 52.7 cm³/mol. The first kappa shape index (κ1) is 11.2. The second kappa shape index (κ2) is 5.74. The van der Waals surface area contributed by atoms with Gasteiger partial charge in [-0.15, -0.1) is 0 Å². The zero-order chi connectivity index (χ0) is 11.1. The Morgan fingerprint density at radius 1 is 1.53 bits per heavy atom. The molecule has 0 aliphatic heterocycles. The van der Waals surface area contributed by atoms with Gasteiger partial charge in [0.15, 0.2) is 0 Å². The topological polar surface area (TPSA) is 68.3 Å². The minimum atomic E-state index is -0.479. The lowest BCUT2D eigenvalue weighted by molar-refractivity contribution is -0.149. The summed E-state index contributed by atoms with van der Waals surface area (Å²) in [6, 6.07) is 3.21. The summed E-state index contributed by atoms with van der Waals surface area (Å²) in [7, 11) is 0. The van der Waals surface area contributed by atoms with Crippen LogP contribution in [-0.2, 0) is 9.63 Å². The summed E-state index contributed by atoms with van der Waals surface area (Å²) in [5, 5.41) is 0. The molecule has 0 bridgehead atoms. The highest BCUT2D eigenvalue weighted by atomic mass is 16.7. The lowest BCUT2D eigenvalue weighted by Gasteiger charge is -2.04. The monoisotopic (exact) mass is 208 g/mol. The van der Waals surface area contributed by atoms with Gasteiger partial charge in [-0.1, -0.05) is 6.92 Å². The van der Waals surface area contributed by atoms with Crippen molar-refractivity contribution in [2.24, 2.45) is 0 Å². The van der Waals surface area contributed by atoms with Gasteiger partial charge in [0, 0.05) is 18.8 Å². The summed E-state index contributed by atoms with van der Waals surface area (Å²) in [5.41, 5.74) is 2.40. The highest BCUT2D eigenvalue weighted by Crippen LogP contribution is 1.95. The fraction of sp³-hybridized carbons (Fsp3) is 0.300. The van der Waals surface area contributed by atoms with E-state index >= 15 is 0 Å². The quantitative estimate of drug-likeness (QED) is 0.754. The van der Waals surface area contributed by atoms with Crippen LogP contribution in [0.4, 0.5) is 0 Å². The molecule has 0 atom stereocenters.